The lowest BCUT2D eigenvalue weighted by Gasteiger charge is -2.34. The number of carbonyl (C=O) groups is 2. The molecule has 0 bridgehead atoms. The molecular formula is C17H23N3O2. The topological polar surface area (TPSA) is 75.4 Å². The summed E-state index contributed by atoms with van der Waals surface area (Å²) in [4.78, 5) is 25.6. The van der Waals surface area contributed by atoms with Gasteiger partial charge < -0.3 is 16.0 Å². The van der Waals surface area contributed by atoms with Crippen LogP contribution < -0.4 is 11.1 Å². The number of piperidine rings is 1. The summed E-state index contributed by atoms with van der Waals surface area (Å²) in [5.41, 5.74) is 7.23. The fraction of sp³-hybridized carbons (Fsp3) is 0.412. The van der Waals surface area contributed by atoms with E-state index in [-0.39, 0.29) is 17.9 Å². The molecule has 1 aromatic carbocycles. The number of likely N-dealkylation sites (tertiary alicyclic amines) is 1. The largest absolute Gasteiger partial charge is 0.355 e. The minimum absolute atomic E-state index is 0.00512. The Morgan fingerprint density at radius 1 is 1.32 bits per heavy atom. The van der Waals surface area contributed by atoms with Crippen molar-refractivity contribution in [3.05, 3.63) is 41.5 Å². The van der Waals surface area contributed by atoms with Crippen LogP contribution in [0.4, 0.5) is 0 Å². The van der Waals surface area contributed by atoms with E-state index in [2.05, 4.69) is 5.32 Å². The van der Waals surface area contributed by atoms with E-state index in [1.165, 1.54) is 0 Å². The molecule has 2 rings (SSSR count). The van der Waals surface area contributed by atoms with Crippen molar-refractivity contribution in [2.24, 2.45) is 5.73 Å². The second kappa shape index (κ2) is 7.75. The van der Waals surface area contributed by atoms with Crippen molar-refractivity contribution in [1.29, 1.82) is 0 Å². The third-order valence-corrected chi connectivity index (χ3v) is 4.00. The zero-order chi connectivity index (χ0) is 15.9. The van der Waals surface area contributed by atoms with Gasteiger partial charge in [0.25, 0.3) is 5.91 Å². The second-order valence-corrected chi connectivity index (χ2v) is 5.45. The SMILES string of the molecule is CNC(=O)c1ccc(/C=C/C(=O)N2CCCCC2CN)cc1. The quantitative estimate of drug-likeness (QED) is 0.825. The van der Waals surface area contributed by atoms with Crippen LogP contribution in [0.2, 0.25) is 0 Å². The Hall–Kier alpha value is -2.14. The molecule has 0 aliphatic carbocycles. The van der Waals surface area contributed by atoms with Crippen molar-refractivity contribution in [3.8, 4) is 0 Å². The summed E-state index contributed by atoms with van der Waals surface area (Å²) in [5.74, 6) is -0.115. The Balaban J connectivity index is 2.01. The van der Waals surface area contributed by atoms with Gasteiger partial charge in [0.2, 0.25) is 5.91 Å². The van der Waals surface area contributed by atoms with Gasteiger partial charge in [-0.25, -0.2) is 0 Å². The first kappa shape index (κ1) is 16.2. The van der Waals surface area contributed by atoms with Crippen LogP contribution in [0.1, 0.15) is 35.2 Å². The molecule has 3 N–H and O–H groups in total. The van der Waals surface area contributed by atoms with Crippen LogP contribution in [0.15, 0.2) is 30.3 Å². The van der Waals surface area contributed by atoms with Crippen LogP contribution in [0.3, 0.4) is 0 Å². The molecule has 0 spiro atoms. The summed E-state index contributed by atoms with van der Waals surface area (Å²) < 4.78 is 0. The highest BCUT2D eigenvalue weighted by atomic mass is 16.2. The van der Waals surface area contributed by atoms with Gasteiger partial charge in [-0.05, 0) is 43.0 Å². The van der Waals surface area contributed by atoms with Crippen molar-refractivity contribution >= 4 is 17.9 Å². The zero-order valence-electron chi connectivity index (χ0n) is 12.9. The van der Waals surface area contributed by atoms with Crippen LogP contribution in [-0.2, 0) is 4.79 Å². The maximum absolute atomic E-state index is 12.3. The lowest BCUT2D eigenvalue weighted by molar-refractivity contribution is -0.129. The Kier molecular flexibility index (Phi) is 5.72. The molecule has 1 saturated heterocycles. The average Bonchev–Trinajstić information content (AvgIpc) is 2.59. The number of benzene rings is 1. The minimum atomic E-state index is -0.120. The number of hydrogen-bond acceptors (Lipinski definition) is 3. The summed E-state index contributed by atoms with van der Waals surface area (Å²) in [7, 11) is 1.60. The zero-order valence-corrected chi connectivity index (χ0v) is 12.9. The van der Waals surface area contributed by atoms with Crippen molar-refractivity contribution in [2.75, 3.05) is 20.1 Å². The molecule has 0 saturated carbocycles. The van der Waals surface area contributed by atoms with E-state index in [1.54, 1.807) is 31.3 Å². The normalized spacial score (nSPS) is 18.5. The van der Waals surface area contributed by atoms with Gasteiger partial charge >= 0.3 is 0 Å². The van der Waals surface area contributed by atoms with E-state index in [4.69, 9.17) is 5.73 Å². The molecule has 1 heterocycles. The highest BCUT2D eigenvalue weighted by Gasteiger charge is 2.23. The fourth-order valence-electron chi connectivity index (χ4n) is 2.69. The molecule has 0 aromatic heterocycles. The molecule has 1 aliphatic heterocycles. The number of hydrogen-bond donors (Lipinski definition) is 2. The van der Waals surface area contributed by atoms with Crippen LogP contribution in [0.25, 0.3) is 6.08 Å². The summed E-state index contributed by atoms with van der Waals surface area (Å²) >= 11 is 0. The Morgan fingerprint density at radius 2 is 2.05 bits per heavy atom. The van der Waals surface area contributed by atoms with Crippen molar-refractivity contribution in [2.45, 2.75) is 25.3 Å². The first-order valence-corrected chi connectivity index (χ1v) is 7.66. The maximum Gasteiger partial charge on any atom is 0.251 e. The van der Waals surface area contributed by atoms with E-state index in [0.717, 1.165) is 31.4 Å². The van der Waals surface area contributed by atoms with E-state index < -0.39 is 0 Å². The number of nitrogens with two attached hydrogens (primary N) is 1. The van der Waals surface area contributed by atoms with E-state index in [9.17, 15) is 9.59 Å². The summed E-state index contributed by atoms with van der Waals surface area (Å²) in [5, 5.41) is 2.58. The van der Waals surface area contributed by atoms with Crippen molar-refractivity contribution in [1.82, 2.24) is 10.2 Å². The molecule has 118 valence electrons. The third kappa shape index (κ3) is 3.95. The Labute approximate surface area is 131 Å². The number of carbonyl (C=O) groups excluding carboxylic acids is 2. The monoisotopic (exact) mass is 301 g/mol. The minimum Gasteiger partial charge on any atom is -0.355 e. The average molecular weight is 301 g/mol. The van der Waals surface area contributed by atoms with Crippen LogP contribution in [0, 0.1) is 0 Å². The van der Waals surface area contributed by atoms with E-state index in [0.29, 0.717) is 12.1 Å². The van der Waals surface area contributed by atoms with Crippen LogP contribution in [-0.4, -0.2) is 42.9 Å². The molecule has 1 aromatic rings. The van der Waals surface area contributed by atoms with Gasteiger partial charge in [-0.3, -0.25) is 9.59 Å². The van der Waals surface area contributed by atoms with Crippen LogP contribution in [0.5, 0.6) is 0 Å². The predicted molar refractivity (Wildman–Crippen MR) is 87.3 cm³/mol. The molecule has 5 heteroatoms. The Bertz CT molecular complexity index is 552. The third-order valence-electron chi connectivity index (χ3n) is 4.00. The smallest absolute Gasteiger partial charge is 0.251 e. The lowest BCUT2D eigenvalue weighted by Crippen LogP contribution is -2.46. The Morgan fingerprint density at radius 3 is 2.68 bits per heavy atom. The summed E-state index contributed by atoms with van der Waals surface area (Å²) in [6.07, 6.45) is 6.52. The molecule has 1 unspecified atom stereocenters. The maximum atomic E-state index is 12.3. The molecule has 1 fully saturated rings. The lowest BCUT2D eigenvalue weighted by atomic mass is 10.0. The number of nitrogens with one attached hydrogen (secondary N) is 1. The summed E-state index contributed by atoms with van der Waals surface area (Å²) in [6, 6.07) is 7.29. The number of nitrogens with zero attached hydrogens (tertiary/aromatic N) is 1. The fourth-order valence-corrected chi connectivity index (χ4v) is 2.69. The van der Waals surface area contributed by atoms with Crippen molar-refractivity contribution < 1.29 is 9.59 Å². The first-order chi connectivity index (χ1) is 10.7. The second-order valence-electron chi connectivity index (χ2n) is 5.45. The standard InChI is InChI=1S/C17H23N3O2/c1-19-17(22)14-8-5-13(6-9-14)7-10-16(21)20-11-3-2-4-15(20)12-18/h5-10,15H,2-4,11-12,18H2,1H3,(H,19,22)/b10-7+. The molecule has 22 heavy (non-hydrogen) atoms. The molecular weight excluding hydrogens is 278 g/mol. The van der Waals surface area contributed by atoms with E-state index in [1.807, 2.05) is 17.0 Å². The predicted octanol–water partition coefficient (Wildman–Crippen LogP) is 1.40. The van der Waals surface area contributed by atoms with Gasteiger partial charge in [0.05, 0.1) is 0 Å². The van der Waals surface area contributed by atoms with Gasteiger partial charge in [-0.2, -0.15) is 0 Å². The van der Waals surface area contributed by atoms with E-state index >= 15 is 0 Å². The van der Waals surface area contributed by atoms with Crippen molar-refractivity contribution in [3.63, 3.8) is 0 Å². The molecule has 1 aliphatic rings. The molecule has 1 atom stereocenters. The van der Waals surface area contributed by atoms with Gasteiger partial charge in [0.1, 0.15) is 0 Å². The highest BCUT2D eigenvalue weighted by Crippen LogP contribution is 2.17. The first-order valence-electron chi connectivity index (χ1n) is 7.66. The van der Waals surface area contributed by atoms with Gasteiger partial charge in [-0.15, -0.1) is 0 Å². The number of amides is 2. The highest BCUT2D eigenvalue weighted by molar-refractivity contribution is 5.95. The van der Waals surface area contributed by atoms with Gasteiger partial charge in [0, 0.05) is 37.8 Å². The van der Waals surface area contributed by atoms with Crippen LogP contribution >= 0.6 is 0 Å². The number of rotatable bonds is 4. The molecule has 0 radical (unpaired) electrons. The van der Waals surface area contributed by atoms with Gasteiger partial charge in [0.15, 0.2) is 0 Å². The molecule has 5 nitrogen and oxygen atoms in total. The summed E-state index contributed by atoms with van der Waals surface area (Å²) in [6.45, 7) is 1.29. The van der Waals surface area contributed by atoms with Gasteiger partial charge in [-0.1, -0.05) is 12.1 Å². The molecule has 2 amide bonds.